The molecule has 1 rings (SSSR count). The van der Waals surface area contributed by atoms with Crippen molar-refractivity contribution in [2.75, 3.05) is 12.9 Å². The second-order valence-corrected chi connectivity index (χ2v) is 4.19. The molecule has 2 N–H and O–H groups in total. The molecule has 1 heterocycles. The van der Waals surface area contributed by atoms with Gasteiger partial charge < -0.3 is 10.5 Å². The summed E-state index contributed by atoms with van der Waals surface area (Å²) in [5, 5.41) is -0.741. The van der Waals surface area contributed by atoms with E-state index in [0.29, 0.717) is 11.4 Å². The average Bonchev–Trinajstić information content (AvgIpc) is 2.26. The monoisotopic (exact) mass is 189 g/mol. The lowest BCUT2D eigenvalue weighted by Crippen LogP contribution is -2.29. The van der Waals surface area contributed by atoms with Gasteiger partial charge in [-0.15, -0.1) is 0 Å². The molecule has 2 atom stereocenters. The smallest absolute Gasteiger partial charge is 0.327 e. The molecule has 0 aliphatic carbocycles. The minimum atomic E-state index is -1.22. The van der Waals surface area contributed by atoms with E-state index in [1.165, 1.54) is 7.11 Å². The van der Waals surface area contributed by atoms with Crippen molar-refractivity contribution in [3.63, 3.8) is 0 Å². The van der Waals surface area contributed by atoms with Crippen LogP contribution in [0.1, 0.15) is 6.92 Å². The maximum Gasteiger partial charge on any atom is 0.327 e. The van der Waals surface area contributed by atoms with Crippen LogP contribution in [0.4, 0.5) is 0 Å². The molecule has 0 bridgehead atoms. The second kappa shape index (κ2) is 3.26. The first-order valence-corrected chi connectivity index (χ1v) is 4.86. The van der Waals surface area contributed by atoms with Crippen LogP contribution in [0.3, 0.4) is 0 Å². The Bertz CT molecular complexity index is 272. The lowest BCUT2D eigenvalue weighted by Gasteiger charge is -2.06. The molecule has 12 heavy (non-hydrogen) atoms. The zero-order valence-corrected chi connectivity index (χ0v) is 7.81. The highest BCUT2D eigenvalue weighted by Gasteiger charge is 2.35. The number of hydrogen-bond donors (Lipinski definition) is 1. The number of hydrogen-bond acceptors (Lipinski definition) is 4. The molecule has 0 amide bonds. The van der Waals surface area contributed by atoms with Crippen LogP contribution >= 0.6 is 0 Å². The fourth-order valence-corrected chi connectivity index (χ4v) is 2.64. The van der Waals surface area contributed by atoms with E-state index < -0.39 is 22.0 Å². The van der Waals surface area contributed by atoms with Gasteiger partial charge in [-0.05, 0) is 12.5 Å². The molecule has 1 aliphatic heterocycles. The molecule has 0 aromatic carbocycles. The summed E-state index contributed by atoms with van der Waals surface area (Å²) in [5.41, 5.74) is 6.80. The summed E-state index contributed by atoms with van der Waals surface area (Å²) < 4.78 is 15.8. The van der Waals surface area contributed by atoms with Gasteiger partial charge in [-0.2, -0.15) is 0 Å². The Morgan fingerprint density at radius 3 is 2.67 bits per heavy atom. The first-order chi connectivity index (χ1) is 5.57. The Kier molecular flexibility index (Phi) is 2.52. The lowest BCUT2D eigenvalue weighted by molar-refractivity contribution is -0.139. The molecule has 0 aromatic rings. The fourth-order valence-electron chi connectivity index (χ4n) is 1.09. The summed E-state index contributed by atoms with van der Waals surface area (Å²) in [4.78, 5) is 11.1. The molecule has 0 aromatic heterocycles. The zero-order valence-electron chi connectivity index (χ0n) is 6.99. The molecule has 1 aliphatic rings. The van der Waals surface area contributed by atoms with Gasteiger partial charge in [0.05, 0.1) is 7.11 Å². The van der Waals surface area contributed by atoms with Crippen LogP contribution in [-0.2, 0) is 20.3 Å². The van der Waals surface area contributed by atoms with E-state index in [9.17, 15) is 9.00 Å². The topological polar surface area (TPSA) is 69.4 Å². The molecule has 0 spiro atoms. The molecular weight excluding hydrogens is 178 g/mol. The van der Waals surface area contributed by atoms with E-state index in [1.807, 2.05) is 0 Å². The predicted molar refractivity (Wildman–Crippen MR) is 45.7 cm³/mol. The van der Waals surface area contributed by atoms with E-state index in [1.54, 1.807) is 6.92 Å². The summed E-state index contributed by atoms with van der Waals surface area (Å²) in [6.45, 7) is 1.77. The van der Waals surface area contributed by atoms with Crippen LogP contribution in [0.25, 0.3) is 0 Å². The largest absolute Gasteiger partial charge is 0.468 e. The summed E-state index contributed by atoms with van der Waals surface area (Å²) in [6.07, 6.45) is 0. The molecule has 0 saturated carbocycles. The fraction of sp³-hybridized carbons (Fsp3) is 0.571. The Balaban J connectivity index is 2.91. The highest BCUT2D eigenvalue weighted by Crippen LogP contribution is 2.20. The molecule has 5 heteroatoms. The van der Waals surface area contributed by atoms with Crippen LogP contribution in [0.2, 0.25) is 0 Å². The van der Waals surface area contributed by atoms with Gasteiger partial charge in [0, 0.05) is 22.2 Å². The van der Waals surface area contributed by atoms with Crippen LogP contribution in [0.5, 0.6) is 0 Å². The second-order valence-electron chi connectivity index (χ2n) is 2.66. The Morgan fingerprint density at radius 2 is 2.33 bits per heavy atom. The van der Waals surface area contributed by atoms with Crippen molar-refractivity contribution >= 4 is 16.8 Å². The highest BCUT2D eigenvalue weighted by molar-refractivity contribution is 7.87. The van der Waals surface area contributed by atoms with Crippen LogP contribution < -0.4 is 5.73 Å². The van der Waals surface area contributed by atoms with Gasteiger partial charge in [0.1, 0.15) is 0 Å². The quantitative estimate of drug-likeness (QED) is 0.566. The summed E-state index contributed by atoms with van der Waals surface area (Å²) >= 11 is 0. The van der Waals surface area contributed by atoms with Gasteiger partial charge in [0.2, 0.25) is 0 Å². The number of nitrogens with two attached hydrogens (primary N) is 1. The van der Waals surface area contributed by atoms with Crippen LogP contribution in [0.15, 0.2) is 11.3 Å². The maximum atomic E-state index is 11.3. The third-order valence-corrected chi connectivity index (χ3v) is 3.50. The summed E-state index contributed by atoms with van der Waals surface area (Å²) in [7, 11) is 0.0400. The number of esters is 1. The summed E-state index contributed by atoms with van der Waals surface area (Å²) in [6, 6.07) is 0. The van der Waals surface area contributed by atoms with E-state index in [0.717, 1.165) is 5.57 Å². The van der Waals surface area contributed by atoms with Crippen molar-refractivity contribution in [3.05, 3.63) is 11.3 Å². The van der Waals surface area contributed by atoms with Gasteiger partial charge in [-0.3, -0.25) is 9.00 Å². The Labute approximate surface area is 73.2 Å². The first-order valence-electron chi connectivity index (χ1n) is 3.48. The lowest BCUT2D eigenvalue weighted by atomic mass is 10.2. The SMILES string of the molecule is COC(=O)[C@@H]1C(N)=C(C)C[S@@]1=O. The third-order valence-electron chi connectivity index (χ3n) is 1.81. The molecule has 4 nitrogen and oxygen atoms in total. The first kappa shape index (κ1) is 9.25. The van der Waals surface area contributed by atoms with Crippen molar-refractivity contribution in [3.8, 4) is 0 Å². The minimum Gasteiger partial charge on any atom is -0.468 e. The van der Waals surface area contributed by atoms with Crippen molar-refractivity contribution in [2.45, 2.75) is 12.2 Å². The predicted octanol–water partition coefficient (Wildman–Crippen LogP) is -0.477. The normalized spacial score (nSPS) is 29.2. The molecule has 0 fully saturated rings. The number of methoxy groups -OCH3 is 1. The van der Waals surface area contributed by atoms with Crippen LogP contribution in [0, 0.1) is 0 Å². The number of ether oxygens (including phenoxy) is 1. The standard InChI is InChI=1S/C7H11NO3S/c1-4-3-12(10)6(5(4)8)7(9)11-2/h6H,3,8H2,1-2H3/t6-,12-/m0/s1. The molecule has 68 valence electrons. The van der Waals surface area contributed by atoms with E-state index >= 15 is 0 Å². The van der Waals surface area contributed by atoms with E-state index in [4.69, 9.17) is 5.73 Å². The minimum absolute atomic E-state index is 0.381. The molecule has 0 unspecified atom stereocenters. The van der Waals surface area contributed by atoms with Gasteiger partial charge in [-0.25, -0.2) is 0 Å². The molecule has 0 saturated heterocycles. The van der Waals surface area contributed by atoms with Gasteiger partial charge in [0.25, 0.3) is 0 Å². The van der Waals surface area contributed by atoms with Crippen molar-refractivity contribution in [1.82, 2.24) is 0 Å². The maximum absolute atomic E-state index is 11.3. The van der Waals surface area contributed by atoms with Gasteiger partial charge in [0.15, 0.2) is 5.25 Å². The zero-order chi connectivity index (χ0) is 9.30. The van der Waals surface area contributed by atoms with Crippen molar-refractivity contribution in [2.24, 2.45) is 5.73 Å². The van der Waals surface area contributed by atoms with Crippen LogP contribution in [-0.4, -0.2) is 28.3 Å². The third kappa shape index (κ3) is 1.36. The van der Waals surface area contributed by atoms with Crippen molar-refractivity contribution in [1.29, 1.82) is 0 Å². The van der Waals surface area contributed by atoms with E-state index in [2.05, 4.69) is 4.74 Å². The van der Waals surface area contributed by atoms with Gasteiger partial charge >= 0.3 is 5.97 Å². The average molecular weight is 189 g/mol. The number of rotatable bonds is 1. The van der Waals surface area contributed by atoms with Gasteiger partial charge in [-0.1, -0.05) is 0 Å². The molecule has 0 radical (unpaired) electrons. The van der Waals surface area contributed by atoms with Crippen molar-refractivity contribution < 1.29 is 13.7 Å². The number of carbonyl (C=O) groups excluding carboxylic acids is 1. The summed E-state index contributed by atoms with van der Waals surface area (Å²) in [5.74, 6) is -0.131. The highest BCUT2D eigenvalue weighted by atomic mass is 32.2. The Hall–Kier alpha value is -0.840. The molecular formula is C7H11NO3S. The van der Waals surface area contributed by atoms with E-state index in [-0.39, 0.29) is 0 Å². The Morgan fingerprint density at radius 1 is 1.75 bits per heavy atom. The number of carbonyl (C=O) groups is 1.